The summed E-state index contributed by atoms with van der Waals surface area (Å²) in [4.78, 5) is 11.8. The number of hydrogen-bond acceptors (Lipinski definition) is 3. The summed E-state index contributed by atoms with van der Waals surface area (Å²) in [7, 11) is -3.57. The van der Waals surface area contributed by atoms with Gasteiger partial charge < -0.3 is 0 Å². The zero-order valence-electron chi connectivity index (χ0n) is 9.23. The fraction of sp³-hybridized carbons (Fsp3) is 0.417. The molecule has 0 radical (unpaired) electrons. The van der Waals surface area contributed by atoms with Crippen molar-refractivity contribution in [3.05, 3.63) is 29.3 Å². The molecule has 1 aromatic rings. The molecule has 1 unspecified atom stereocenters. The first-order chi connectivity index (χ1) is 8.01. The molecule has 17 heavy (non-hydrogen) atoms. The standard InChI is InChI=1S/C12H13ClO3S/c13-9-4-3-5-10(8-9)17(15,16)12-7-2-1-6-11(12)14/h3-5,8,12H,1-2,6-7H2. The van der Waals surface area contributed by atoms with Crippen LogP contribution in [0.25, 0.3) is 0 Å². The largest absolute Gasteiger partial charge is 0.298 e. The first-order valence-corrected chi connectivity index (χ1v) is 7.46. The summed E-state index contributed by atoms with van der Waals surface area (Å²) in [5, 5.41) is -0.510. The van der Waals surface area contributed by atoms with Crippen LogP contribution in [0.5, 0.6) is 0 Å². The van der Waals surface area contributed by atoms with Crippen LogP contribution in [0.2, 0.25) is 5.02 Å². The predicted molar refractivity (Wildman–Crippen MR) is 65.9 cm³/mol. The van der Waals surface area contributed by atoms with Gasteiger partial charge in [-0.3, -0.25) is 4.79 Å². The first kappa shape index (κ1) is 12.6. The van der Waals surface area contributed by atoms with E-state index >= 15 is 0 Å². The maximum absolute atomic E-state index is 12.3. The lowest BCUT2D eigenvalue weighted by atomic mass is 9.99. The summed E-state index contributed by atoms with van der Waals surface area (Å²) in [5.74, 6) is -0.170. The Morgan fingerprint density at radius 1 is 1.24 bits per heavy atom. The Labute approximate surface area is 106 Å². The second kappa shape index (κ2) is 4.78. The van der Waals surface area contributed by atoms with E-state index in [0.717, 1.165) is 12.8 Å². The molecule has 92 valence electrons. The molecule has 0 bridgehead atoms. The van der Waals surface area contributed by atoms with Gasteiger partial charge in [-0.2, -0.15) is 0 Å². The van der Waals surface area contributed by atoms with Gasteiger partial charge in [-0.25, -0.2) is 8.42 Å². The van der Waals surface area contributed by atoms with Gasteiger partial charge in [-0.1, -0.05) is 24.1 Å². The van der Waals surface area contributed by atoms with Crippen molar-refractivity contribution in [2.75, 3.05) is 0 Å². The van der Waals surface area contributed by atoms with Gasteiger partial charge in [0.1, 0.15) is 5.25 Å². The van der Waals surface area contributed by atoms with Gasteiger partial charge in [0.15, 0.2) is 15.6 Å². The first-order valence-electron chi connectivity index (χ1n) is 5.54. The topological polar surface area (TPSA) is 51.2 Å². The molecule has 0 aliphatic heterocycles. The highest BCUT2D eigenvalue weighted by Gasteiger charge is 2.35. The normalized spacial score (nSPS) is 21.5. The molecule has 1 atom stereocenters. The molecule has 0 aromatic heterocycles. The number of rotatable bonds is 2. The molecular formula is C12H13ClO3S. The number of carbonyl (C=O) groups is 1. The van der Waals surface area contributed by atoms with E-state index in [1.54, 1.807) is 12.1 Å². The van der Waals surface area contributed by atoms with E-state index in [4.69, 9.17) is 11.6 Å². The second-order valence-electron chi connectivity index (χ2n) is 4.20. The zero-order valence-corrected chi connectivity index (χ0v) is 10.8. The van der Waals surface area contributed by atoms with Crippen LogP contribution in [0, 0.1) is 0 Å². The molecular weight excluding hydrogens is 260 g/mol. The monoisotopic (exact) mass is 272 g/mol. The predicted octanol–water partition coefficient (Wildman–Crippen LogP) is 2.63. The molecule has 2 rings (SSSR count). The molecule has 0 heterocycles. The Hall–Kier alpha value is -0.870. The van der Waals surface area contributed by atoms with E-state index in [1.165, 1.54) is 12.1 Å². The van der Waals surface area contributed by atoms with Crippen molar-refractivity contribution in [2.24, 2.45) is 0 Å². The highest BCUT2D eigenvalue weighted by Crippen LogP contribution is 2.27. The Balaban J connectivity index is 2.39. The van der Waals surface area contributed by atoms with E-state index in [0.29, 0.717) is 17.9 Å². The molecule has 0 amide bonds. The fourth-order valence-electron chi connectivity index (χ4n) is 2.09. The number of sulfone groups is 1. The average molecular weight is 273 g/mol. The third kappa shape index (κ3) is 2.53. The Bertz CT molecular complexity index is 536. The smallest absolute Gasteiger partial charge is 0.188 e. The Morgan fingerprint density at radius 2 is 2.00 bits per heavy atom. The van der Waals surface area contributed by atoms with Crippen LogP contribution >= 0.6 is 11.6 Å². The van der Waals surface area contributed by atoms with Crippen LogP contribution in [0.1, 0.15) is 25.7 Å². The number of halogens is 1. The fourth-order valence-corrected chi connectivity index (χ4v) is 4.17. The lowest BCUT2D eigenvalue weighted by Crippen LogP contribution is -2.33. The number of hydrogen-bond donors (Lipinski definition) is 0. The van der Waals surface area contributed by atoms with Crippen molar-refractivity contribution in [3.63, 3.8) is 0 Å². The van der Waals surface area contributed by atoms with E-state index < -0.39 is 15.1 Å². The highest BCUT2D eigenvalue weighted by molar-refractivity contribution is 7.92. The van der Waals surface area contributed by atoms with Crippen molar-refractivity contribution < 1.29 is 13.2 Å². The van der Waals surface area contributed by atoms with E-state index in [1.807, 2.05) is 0 Å². The van der Waals surface area contributed by atoms with Crippen LogP contribution in [0.15, 0.2) is 29.2 Å². The summed E-state index contributed by atoms with van der Waals surface area (Å²) >= 11 is 5.78. The number of benzene rings is 1. The number of ketones is 1. The maximum Gasteiger partial charge on any atom is 0.188 e. The van der Waals surface area contributed by atoms with Gasteiger partial charge in [0.2, 0.25) is 0 Å². The summed E-state index contributed by atoms with van der Waals surface area (Å²) in [6, 6.07) is 6.09. The van der Waals surface area contributed by atoms with Gasteiger partial charge in [0, 0.05) is 11.4 Å². The average Bonchev–Trinajstić information content (AvgIpc) is 2.29. The van der Waals surface area contributed by atoms with Crippen molar-refractivity contribution in [1.82, 2.24) is 0 Å². The van der Waals surface area contributed by atoms with Crippen LogP contribution < -0.4 is 0 Å². The lowest BCUT2D eigenvalue weighted by molar-refractivity contribution is -0.119. The number of Topliss-reactive ketones (excluding diaryl/α,β-unsaturated/α-hetero) is 1. The maximum atomic E-state index is 12.3. The molecule has 1 aliphatic carbocycles. The molecule has 1 aromatic carbocycles. The SMILES string of the molecule is O=C1CCCCC1S(=O)(=O)c1cccc(Cl)c1. The van der Waals surface area contributed by atoms with E-state index in [-0.39, 0.29) is 10.7 Å². The minimum atomic E-state index is -3.57. The molecule has 1 saturated carbocycles. The summed E-state index contributed by atoms with van der Waals surface area (Å²) in [6.45, 7) is 0. The molecule has 0 N–H and O–H groups in total. The van der Waals surface area contributed by atoms with E-state index in [2.05, 4.69) is 0 Å². The third-order valence-electron chi connectivity index (χ3n) is 3.00. The van der Waals surface area contributed by atoms with Crippen LogP contribution in [0.3, 0.4) is 0 Å². The molecule has 3 nitrogen and oxygen atoms in total. The molecule has 1 aliphatic rings. The van der Waals surface area contributed by atoms with Crippen molar-refractivity contribution >= 4 is 27.2 Å². The summed E-state index contributed by atoms with van der Waals surface area (Å²) < 4.78 is 24.5. The minimum absolute atomic E-state index is 0.144. The van der Waals surface area contributed by atoms with Crippen molar-refractivity contribution in [3.8, 4) is 0 Å². The number of carbonyl (C=O) groups excluding carboxylic acids is 1. The lowest BCUT2D eigenvalue weighted by Gasteiger charge is -2.20. The third-order valence-corrected chi connectivity index (χ3v) is 5.39. The van der Waals surface area contributed by atoms with E-state index in [9.17, 15) is 13.2 Å². The minimum Gasteiger partial charge on any atom is -0.298 e. The Kier molecular flexibility index (Phi) is 3.54. The quantitative estimate of drug-likeness (QED) is 0.832. The zero-order chi connectivity index (χ0) is 12.5. The van der Waals surface area contributed by atoms with Gasteiger partial charge >= 0.3 is 0 Å². The van der Waals surface area contributed by atoms with Gasteiger partial charge in [-0.05, 0) is 31.0 Å². The van der Waals surface area contributed by atoms with Gasteiger partial charge in [-0.15, -0.1) is 0 Å². The summed E-state index contributed by atoms with van der Waals surface area (Å²) in [6.07, 6.45) is 2.37. The van der Waals surface area contributed by atoms with Crippen molar-refractivity contribution in [2.45, 2.75) is 35.8 Å². The summed E-state index contributed by atoms with van der Waals surface area (Å²) in [5.41, 5.74) is 0. The van der Waals surface area contributed by atoms with Crippen LogP contribution in [0.4, 0.5) is 0 Å². The second-order valence-corrected chi connectivity index (χ2v) is 6.77. The van der Waals surface area contributed by atoms with Crippen molar-refractivity contribution in [1.29, 1.82) is 0 Å². The molecule has 0 spiro atoms. The molecule has 5 heteroatoms. The van der Waals surface area contributed by atoms with Gasteiger partial charge in [0.25, 0.3) is 0 Å². The highest BCUT2D eigenvalue weighted by atomic mass is 35.5. The van der Waals surface area contributed by atoms with Gasteiger partial charge in [0.05, 0.1) is 4.90 Å². The van der Waals surface area contributed by atoms with Crippen LogP contribution in [-0.2, 0) is 14.6 Å². The molecule has 1 fully saturated rings. The molecule has 0 saturated heterocycles. The Morgan fingerprint density at radius 3 is 2.65 bits per heavy atom. The van der Waals surface area contributed by atoms with Crippen LogP contribution in [-0.4, -0.2) is 19.5 Å².